The molecular formula is C13H16O6. The summed E-state index contributed by atoms with van der Waals surface area (Å²) in [6.07, 6.45) is -0.0364. The van der Waals surface area contributed by atoms with E-state index in [1.54, 1.807) is 0 Å². The molecule has 0 unspecified atom stereocenters. The molecule has 1 heterocycles. The van der Waals surface area contributed by atoms with Gasteiger partial charge in [-0.15, -0.1) is 0 Å². The third-order valence-electron chi connectivity index (χ3n) is 4.46. The lowest BCUT2D eigenvalue weighted by Crippen LogP contribution is -2.35. The first-order valence-electron chi connectivity index (χ1n) is 6.50. The molecule has 6 atom stereocenters. The zero-order valence-electron chi connectivity index (χ0n) is 10.8. The highest BCUT2D eigenvalue weighted by Crippen LogP contribution is 2.57. The van der Waals surface area contributed by atoms with Crippen LogP contribution in [0.2, 0.25) is 0 Å². The second kappa shape index (κ2) is 4.21. The Morgan fingerprint density at radius 3 is 2.47 bits per heavy atom. The van der Waals surface area contributed by atoms with Crippen molar-refractivity contribution < 1.29 is 28.6 Å². The van der Waals surface area contributed by atoms with Crippen molar-refractivity contribution in [2.45, 2.75) is 32.5 Å². The van der Waals surface area contributed by atoms with Crippen LogP contribution in [0.15, 0.2) is 0 Å². The third-order valence-corrected chi connectivity index (χ3v) is 4.46. The van der Waals surface area contributed by atoms with E-state index in [4.69, 9.17) is 14.2 Å². The number of hydrogen-bond acceptors (Lipinski definition) is 6. The van der Waals surface area contributed by atoms with E-state index in [-0.39, 0.29) is 53.8 Å². The van der Waals surface area contributed by atoms with E-state index in [1.807, 2.05) is 0 Å². The van der Waals surface area contributed by atoms with Crippen molar-refractivity contribution in [3.63, 3.8) is 0 Å². The van der Waals surface area contributed by atoms with Crippen LogP contribution >= 0.6 is 0 Å². The van der Waals surface area contributed by atoms with Crippen molar-refractivity contribution in [3.05, 3.63) is 0 Å². The Hall–Kier alpha value is -1.59. The van der Waals surface area contributed by atoms with E-state index in [0.717, 1.165) is 0 Å². The second-order valence-electron chi connectivity index (χ2n) is 5.52. The summed E-state index contributed by atoms with van der Waals surface area (Å²) in [4.78, 5) is 34.1. The molecule has 0 aromatic heterocycles. The molecule has 0 aromatic carbocycles. The van der Waals surface area contributed by atoms with E-state index >= 15 is 0 Å². The van der Waals surface area contributed by atoms with E-state index in [1.165, 1.54) is 13.8 Å². The van der Waals surface area contributed by atoms with Crippen LogP contribution < -0.4 is 0 Å². The van der Waals surface area contributed by atoms with Crippen LogP contribution in [0.25, 0.3) is 0 Å². The third kappa shape index (κ3) is 1.81. The standard InChI is InChI=1S/C13H16O6/c1-5(14)18-9-3-7-10-8(4-17-13(10)16)11(9)12(7)19-6(2)15/h7-12H,3-4H2,1-2H3/t7-,8+,9-,10-,11-,12+/m0/s1. The molecule has 2 saturated carbocycles. The Labute approximate surface area is 110 Å². The maximum absolute atomic E-state index is 11.7. The lowest BCUT2D eigenvalue weighted by molar-refractivity contribution is -0.155. The van der Waals surface area contributed by atoms with Crippen LogP contribution in [0.1, 0.15) is 20.3 Å². The minimum Gasteiger partial charge on any atom is -0.465 e. The van der Waals surface area contributed by atoms with Gasteiger partial charge in [0.05, 0.1) is 12.5 Å². The zero-order chi connectivity index (χ0) is 13.7. The first-order valence-corrected chi connectivity index (χ1v) is 6.50. The number of carbonyl (C=O) groups excluding carboxylic acids is 3. The van der Waals surface area contributed by atoms with Gasteiger partial charge in [-0.05, 0) is 6.42 Å². The average Bonchev–Trinajstić information content (AvgIpc) is 2.89. The highest BCUT2D eigenvalue weighted by molar-refractivity contribution is 5.77. The molecule has 0 aromatic rings. The molecule has 3 rings (SSSR count). The molecule has 0 amide bonds. The van der Waals surface area contributed by atoms with Crippen molar-refractivity contribution in [1.82, 2.24) is 0 Å². The predicted octanol–water partition coefficient (Wildman–Crippen LogP) is 0.289. The summed E-state index contributed by atoms with van der Waals surface area (Å²) >= 11 is 0. The fourth-order valence-corrected chi connectivity index (χ4v) is 4.02. The van der Waals surface area contributed by atoms with Gasteiger partial charge < -0.3 is 14.2 Å². The molecule has 0 N–H and O–H groups in total. The molecule has 0 radical (unpaired) electrons. The van der Waals surface area contributed by atoms with Crippen LogP contribution in [-0.4, -0.2) is 36.7 Å². The minimum absolute atomic E-state index is 0.0000463. The molecular weight excluding hydrogens is 252 g/mol. The number of hydrogen-bond donors (Lipinski definition) is 0. The summed E-state index contributed by atoms with van der Waals surface area (Å²) in [5, 5.41) is 0. The number of carbonyl (C=O) groups is 3. The van der Waals surface area contributed by atoms with Crippen molar-refractivity contribution >= 4 is 17.9 Å². The second-order valence-corrected chi connectivity index (χ2v) is 5.52. The predicted molar refractivity (Wildman–Crippen MR) is 60.6 cm³/mol. The Kier molecular flexibility index (Phi) is 2.76. The lowest BCUT2D eigenvalue weighted by Gasteiger charge is -2.27. The van der Waals surface area contributed by atoms with Crippen molar-refractivity contribution in [2.75, 3.05) is 6.61 Å². The van der Waals surface area contributed by atoms with Gasteiger partial charge in [-0.1, -0.05) is 0 Å². The van der Waals surface area contributed by atoms with Crippen LogP contribution in [0.3, 0.4) is 0 Å². The Morgan fingerprint density at radius 1 is 1.16 bits per heavy atom. The monoisotopic (exact) mass is 268 g/mol. The number of fused-ring (bicyclic) bond motifs is 5. The average molecular weight is 268 g/mol. The minimum atomic E-state index is -0.364. The fourth-order valence-electron chi connectivity index (χ4n) is 4.02. The normalized spacial score (nSPS) is 42.7. The van der Waals surface area contributed by atoms with E-state index < -0.39 is 0 Å². The Balaban J connectivity index is 1.85. The number of cyclic esters (lactones) is 1. The highest BCUT2D eigenvalue weighted by Gasteiger charge is 2.66. The van der Waals surface area contributed by atoms with Gasteiger partial charge in [0.2, 0.25) is 0 Å². The molecule has 6 nitrogen and oxygen atoms in total. The quantitative estimate of drug-likeness (QED) is 0.529. The maximum atomic E-state index is 11.7. The molecule has 19 heavy (non-hydrogen) atoms. The molecule has 2 bridgehead atoms. The van der Waals surface area contributed by atoms with Crippen LogP contribution in [0.5, 0.6) is 0 Å². The van der Waals surface area contributed by atoms with E-state index in [9.17, 15) is 14.4 Å². The zero-order valence-corrected chi connectivity index (χ0v) is 10.8. The SMILES string of the molecule is CC(=O)O[C@@H]1[C@H]2C[C@H](OC(C)=O)[C@@H]1[C@@H]1COC(=O)[C@@H]21. The lowest BCUT2D eigenvalue weighted by atomic mass is 9.80. The molecule has 3 fully saturated rings. The molecule has 3 aliphatic rings. The van der Waals surface area contributed by atoms with Gasteiger partial charge in [-0.3, -0.25) is 14.4 Å². The first kappa shape index (κ1) is 12.4. The summed E-state index contributed by atoms with van der Waals surface area (Å²) in [5.41, 5.74) is 0. The highest BCUT2D eigenvalue weighted by atomic mass is 16.6. The van der Waals surface area contributed by atoms with Gasteiger partial charge in [-0.2, -0.15) is 0 Å². The van der Waals surface area contributed by atoms with E-state index in [0.29, 0.717) is 13.0 Å². The summed E-state index contributed by atoms with van der Waals surface area (Å²) in [7, 11) is 0. The van der Waals surface area contributed by atoms with Crippen LogP contribution in [0, 0.1) is 23.7 Å². The summed E-state index contributed by atoms with van der Waals surface area (Å²) in [6.45, 7) is 3.05. The largest absolute Gasteiger partial charge is 0.465 e. The first-order chi connectivity index (χ1) is 8.99. The van der Waals surface area contributed by atoms with Crippen molar-refractivity contribution in [2.24, 2.45) is 23.7 Å². The Bertz CT molecular complexity index is 444. The maximum Gasteiger partial charge on any atom is 0.309 e. The molecule has 104 valence electrons. The molecule has 0 spiro atoms. The summed E-state index contributed by atoms with van der Waals surface area (Å²) < 4.78 is 15.7. The summed E-state index contributed by atoms with van der Waals surface area (Å²) in [5.74, 6) is -1.33. The van der Waals surface area contributed by atoms with Crippen molar-refractivity contribution in [3.8, 4) is 0 Å². The number of ether oxygens (including phenoxy) is 3. The van der Waals surface area contributed by atoms with Gasteiger partial charge >= 0.3 is 17.9 Å². The molecule has 1 saturated heterocycles. The van der Waals surface area contributed by atoms with Gasteiger partial charge in [0.1, 0.15) is 12.2 Å². The number of rotatable bonds is 2. The topological polar surface area (TPSA) is 78.9 Å². The molecule has 2 aliphatic carbocycles. The number of esters is 3. The molecule has 1 aliphatic heterocycles. The van der Waals surface area contributed by atoms with Crippen molar-refractivity contribution in [1.29, 1.82) is 0 Å². The smallest absolute Gasteiger partial charge is 0.309 e. The van der Waals surface area contributed by atoms with Gasteiger partial charge in [-0.25, -0.2) is 0 Å². The molecule has 6 heteroatoms. The van der Waals surface area contributed by atoms with Crippen LogP contribution in [-0.2, 0) is 28.6 Å². The van der Waals surface area contributed by atoms with Crippen LogP contribution in [0.4, 0.5) is 0 Å². The van der Waals surface area contributed by atoms with Gasteiger partial charge in [0.25, 0.3) is 0 Å². The van der Waals surface area contributed by atoms with Gasteiger partial charge in [0.15, 0.2) is 0 Å². The summed E-state index contributed by atoms with van der Waals surface area (Å²) in [6, 6.07) is 0. The van der Waals surface area contributed by atoms with Gasteiger partial charge in [0, 0.05) is 31.6 Å². The fraction of sp³-hybridized carbons (Fsp3) is 0.769. The Morgan fingerprint density at radius 2 is 1.84 bits per heavy atom. The van der Waals surface area contributed by atoms with E-state index in [2.05, 4.69) is 0 Å².